The summed E-state index contributed by atoms with van der Waals surface area (Å²) >= 11 is 0. The molecule has 1 saturated heterocycles. The zero-order chi connectivity index (χ0) is 15.0. The number of aliphatic carboxylic acids is 1. The molecule has 1 aromatic heterocycles. The van der Waals surface area contributed by atoms with Crippen LogP contribution in [0.2, 0.25) is 0 Å². The lowest BCUT2D eigenvalue weighted by molar-refractivity contribution is -0.141. The standard InChI is InChI=1S/C16H17NO4/c1-10(14-8-11-4-2-3-5-13(11)21-14)15(18)17-7-6-12(9-17)16(19)20/h2-5,8,10,12H,6-7,9H2,1H3,(H,19,20)/t10-,12+/m1/s1. The number of para-hydroxylation sites is 1. The Morgan fingerprint density at radius 2 is 2.14 bits per heavy atom. The first-order chi connectivity index (χ1) is 10.1. The summed E-state index contributed by atoms with van der Waals surface area (Å²) < 4.78 is 5.72. The SMILES string of the molecule is C[C@@H](C(=O)N1CC[C@H](C(=O)O)C1)c1cc2ccccc2o1. The molecule has 0 bridgehead atoms. The summed E-state index contributed by atoms with van der Waals surface area (Å²) in [6, 6.07) is 9.50. The number of fused-ring (bicyclic) bond motifs is 1. The first kappa shape index (κ1) is 13.7. The van der Waals surface area contributed by atoms with E-state index in [9.17, 15) is 9.59 Å². The Balaban J connectivity index is 1.77. The van der Waals surface area contributed by atoms with Gasteiger partial charge in [-0.05, 0) is 25.5 Å². The lowest BCUT2D eigenvalue weighted by Crippen LogP contribution is -2.33. The van der Waals surface area contributed by atoms with Gasteiger partial charge in [0.1, 0.15) is 11.3 Å². The summed E-state index contributed by atoms with van der Waals surface area (Å²) in [6.45, 7) is 2.59. The van der Waals surface area contributed by atoms with Crippen molar-refractivity contribution in [2.24, 2.45) is 5.92 Å². The van der Waals surface area contributed by atoms with E-state index in [1.807, 2.05) is 30.3 Å². The maximum atomic E-state index is 12.5. The highest BCUT2D eigenvalue weighted by Gasteiger charge is 2.33. The summed E-state index contributed by atoms with van der Waals surface area (Å²) in [7, 11) is 0. The van der Waals surface area contributed by atoms with Crippen molar-refractivity contribution in [3.8, 4) is 0 Å². The Labute approximate surface area is 122 Å². The summed E-state index contributed by atoms with van der Waals surface area (Å²) in [5, 5.41) is 9.98. The van der Waals surface area contributed by atoms with Crippen molar-refractivity contribution in [1.29, 1.82) is 0 Å². The summed E-state index contributed by atoms with van der Waals surface area (Å²) in [5.41, 5.74) is 0.761. The van der Waals surface area contributed by atoms with Gasteiger partial charge in [-0.25, -0.2) is 0 Å². The minimum Gasteiger partial charge on any atom is -0.481 e. The molecule has 1 amide bonds. The number of hydrogen-bond acceptors (Lipinski definition) is 3. The van der Waals surface area contributed by atoms with Gasteiger partial charge in [0, 0.05) is 18.5 Å². The number of likely N-dealkylation sites (tertiary alicyclic amines) is 1. The molecule has 0 saturated carbocycles. The molecule has 2 heterocycles. The van der Waals surface area contributed by atoms with Gasteiger partial charge < -0.3 is 14.4 Å². The van der Waals surface area contributed by atoms with Crippen LogP contribution >= 0.6 is 0 Å². The largest absolute Gasteiger partial charge is 0.481 e. The molecule has 0 radical (unpaired) electrons. The van der Waals surface area contributed by atoms with Crippen LogP contribution in [0, 0.1) is 5.92 Å². The normalized spacial score (nSPS) is 19.9. The molecule has 1 aliphatic heterocycles. The van der Waals surface area contributed by atoms with Gasteiger partial charge in [-0.15, -0.1) is 0 Å². The fraction of sp³-hybridized carbons (Fsp3) is 0.375. The molecular formula is C16H17NO4. The molecule has 0 aliphatic carbocycles. The van der Waals surface area contributed by atoms with Crippen LogP contribution in [0.3, 0.4) is 0 Å². The number of benzene rings is 1. The number of carboxylic acid groups (broad SMARTS) is 1. The Bertz CT molecular complexity index is 657. The molecule has 21 heavy (non-hydrogen) atoms. The third-order valence-electron chi connectivity index (χ3n) is 4.09. The molecule has 0 unspecified atom stereocenters. The molecule has 1 fully saturated rings. The van der Waals surface area contributed by atoms with Crippen LogP contribution in [0.4, 0.5) is 0 Å². The van der Waals surface area contributed by atoms with Crippen LogP contribution in [0.15, 0.2) is 34.7 Å². The van der Waals surface area contributed by atoms with Gasteiger partial charge in [-0.3, -0.25) is 9.59 Å². The van der Waals surface area contributed by atoms with Crippen molar-refractivity contribution in [1.82, 2.24) is 4.90 Å². The lowest BCUT2D eigenvalue weighted by atomic mass is 10.1. The number of carboxylic acids is 1. The number of rotatable bonds is 3. The molecule has 1 aliphatic rings. The van der Waals surface area contributed by atoms with Crippen molar-refractivity contribution < 1.29 is 19.1 Å². The van der Waals surface area contributed by atoms with Gasteiger partial charge in [-0.2, -0.15) is 0 Å². The zero-order valence-electron chi connectivity index (χ0n) is 11.8. The predicted octanol–water partition coefficient (Wildman–Crippen LogP) is 2.47. The second kappa shape index (κ2) is 5.24. The van der Waals surface area contributed by atoms with E-state index in [0.717, 1.165) is 11.0 Å². The van der Waals surface area contributed by atoms with Gasteiger partial charge in [-0.1, -0.05) is 18.2 Å². The quantitative estimate of drug-likeness (QED) is 0.941. The Morgan fingerprint density at radius 3 is 2.81 bits per heavy atom. The van der Waals surface area contributed by atoms with Crippen molar-refractivity contribution >= 4 is 22.8 Å². The number of furan rings is 1. The summed E-state index contributed by atoms with van der Waals surface area (Å²) in [4.78, 5) is 25.1. The third kappa shape index (κ3) is 2.51. The molecular weight excluding hydrogens is 270 g/mol. The zero-order valence-corrected chi connectivity index (χ0v) is 11.8. The van der Waals surface area contributed by atoms with E-state index in [1.54, 1.807) is 11.8 Å². The first-order valence-corrected chi connectivity index (χ1v) is 7.06. The molecule has 110 valence electrons. The number of nitrogens with zero attached hydrogens (tertiary/aromatic N) is 1. The van der Waals surface area contributed by atoms with Crippen molar-refractivity contribution in [2.75, 3.05) is 13.1 Å². The van der Waals surface area contributed by atoms with E-state index in [4.69, 9.17) is 9.52 Å². The van der Waals surface area contributed by atoms with Crippen LogP contribution in [-0.4, -0.2) is 35.0 Å². The van der Waals surface area contributed by atoms with Crippen LogP contribution < -0.4 is 0 Å². The first-order valence-electron chi connectivity index (χ1n) is 7.06. The maximum Gasteiger partial charge on any atom is 0.308 e. The van der Waals surface area contributed by atoms with Crippen LogP contribution in [0.5, 0.6) is 0 Å². The van der Waals surface area contributed by atoms with Gasteiger partial charge >= 0.3 is 5.97 Å². The Hall–Kier alpha value is -2.30. The maximum absolute atomic E-state index is 12.5. The summed E-state index contributed by atoms with van der Waals surface area (Å²) in [6.07, 6.45) is 0.522. The van der Waals surface area contributed by atoms with Crippen LogP contribution in [-0.2, 0) is 9.59 Å². The molecule has 2 aromatic rings. The van der Waals surface area contributed by atoms with Crippen LogP contribution in [0.1, 0.15) is 25.0 Å². The van der Waals surface area contributed by atoms with Gasteiger partial charge in [0.15, 0.2) is 0 Å². The number of carbonyl (C=O) groups excluding carboxylic acids is 1. The minimum atomic E-state index is -0.832. The molecule has 1 aromatic carbocycles. The highest BCUT2D eigenvalue weighted by Crippen LogP contribution is 2.28. The average molecular weight is 287 g/mol. The second-order valence-electron chi connectivity index (χ2n) is 5.52. The lowest BCUT2D eigenvalue weighted by Gasteiger charge is -2.19. The van der Waals surface area contributed by atoms with Crippen molar-refractivity contribution in [3.63, 3.8) is 0 Å². The van der Waals surface area contributed by atoms with E-state index in [1.165, 1.54) is 0 Å². The van der Waals surface area contributed by atoms with Crippen molar-refractivity contribution in [3.05, 3.63) is 36.1 Å². The molecule has 0 spiro atoms. The molecule has 2 atom stereocenters. The van der Waals surface area contributed by atoms with E-state index in [0.29, 0.717) is 25.3 Å². The van der Waals surface area contributed by atoms with Gasteiger partial charge in [0.05, 0.1) is 11.8 Å². The van der Waals surface area contributed by atoms with E-state index < -0.39 is 17.8 Å². The van der Waals surface area contributed by atoms with Gasteiger partial charge in [0.25, 0.3) is 0 Å². The second-order valence-corrected chi connectivity index (χ2v) is 5.52. The molecule has 5 heteroatoms. The van der Waals surface area contributed by atoms with E-state index in [2.05, 4.69) is 0 Å². The smallest absolute Gasteiger partial charge is 0.308 e. The number of amides is 1. The van der Waals surface area contributed by atoms with E-state index >= 15 is 0 Å². The van der Waals surface area contributed by atoms with Crippen molar-refractivity contribution in [2.45, 2.75) is 19.3 Å². The van der Waals surface area contributed by atoms with Gasteiger partial charge in [0.2, 0.25) is 5.91 Å². The average Bonchev–Trinajstić information content (AvgIpc) is 3.12. The fourth-order valence-corrected chi connectivity index (χ4v) is 2.77. The number of hydrogen-bond donors (Lipinski definition) is 1. The molecule has 3 rings (SSSR count). The van der Waals surface area contributed by atoms with E-state index in [-0.39, 0.29) is 5.91 Å². The monoisotopic (exact) mass is 287 g/mol. The number of carbonyl (C=O) groups is 2. The third-order valence-corrected chi connectivity index (χ3v) is 4.09. The predicted molar refractivity (Wildman–Crippen MR) is 77.0 cm³/mol. The Kier molecular flexibility index (Phi) is 3.41. The van der Waals surface area contributed by atoms with Crippen LogP contribution in [0.25, 0.3) is 11.0 Å². The molecule has 1 N–H and O–H groups in total. The summed E-state index contributed by atoms with van der Waals surface area (Å²) in [5.74, 6) is -1.12. The highest BCUT2D eigenvalue weighted by molar-refractivity contribution is 5.86. The minimum absolute atomic E-state index is 0.0715. The topological polar surface area (TPSA) is 70.8 Å². The fourth-order valence-electron chi connectivity index (χ4n) is 2.77. The molecule has 5 nitrogen and oxygen atoms in total. The Morgan fingerprint density at radius 1 is 1.38 bits per heavy atom. The highest BCUT2D eigenvalue weighted by atomic mass is 16.4.